The van der Waals surface area contributed by atoms with Gasteiger partial charge in [0.15, 0.2) is 12.3 Å². The van der Waals surface area contributed by atoms with Gasteiger partial charge in [-0.25, -0.2) is 4.68 Å². The number of aromatic nitrogens is 3. The number of nitrogens with zero attached hydrogens (tertiary/aromatic N) is 4. The van der Waals surface area contributed by atoms with Crippen LogP contribution in [0.25, 0.3) is 5.69 Å². The molecule has 2 amide bonds. The van der Waals surface area contributed by atoms with E-state index >= 15 is 0 Å². The fourth-order valence-corrected chi connectivity index (χ4v) is 3.31. The molecule has 0 saturated heterocycles. The number of nitrogens with one attached hydrogen (secondary N) is 1. The van der Waals surface area contributed by atoms with Crippen LogP contribution in [0.15, 0.2) is 53.0 Å². The molecule has 0 radical (unpaired) electrons. The minimum atomic E-state index is -0.304. The predicted octanol–water partition coefficient (Wildman–Crippen LogP) is 3.63. The van der Waals surface area contributed by atoms with Crippen LogP contribution >= 0.6 is 15.9 Å². The van der Waals surface area contributed by atoms with Crippen molar-refractivity contribution in [3.63, 3.8) is 0 Å². The smallest absolute Gasteiger partial charge is 0.278 e. The van der Waals surface area contributed by atoms with E-state index in [1.54, 1.807) is 43.0 Å². The number of carbonyl (C=O) groups is 2. The van der Waals surface area contributed by atoms with Crippen molar-refractivity contribution in [3.05, 3.63) is 64.4 Å². The highest BCUT2D eigenvalue weighted by atomic mass is 79.9. The summed E-state index contributed by atoms with van der Waals surface area (Å²) in [5, 5.41) is 11.3. The summed E-state index contributed by atoms with van der Waals surface area (Å²) in [4.78, 5) is 26.0. The average molecular weight is 484 g/mol. The van der Waals surface area contributed by atoms with E-state index in [-0.39, 0.29) is 24.3 Å². The zero-order chi connectivity index (χ0) is 22.0. The summed E-state index contributed by atoms with van der Waals surface area (Å²) in [6.07, 6.45) is 2.03. The highest BCUT2D eigenvalue weighted by molar-refractivity contribution is 9.10. The van der Waals surface area contributed by atoms with Crippen molar-refractivity contribution < 1.29 is 14.3 Å². The van der Waals surface area contributed by atoms with E-state index in [0.717, 1.165) is 28.7 Å². The Morgan fingerprint density at radius 2 is 1.81 bits per heavy atom. The number of carbonyl (C=O) groups excluding carboxylic acids is 2. The van der Waals surface area contributed by atoms with Crippen molar-refractivity contribution in [2.24, 2.45) is 0 Å². The van der Waals surface area contributed by atoms with Crippen LogP contribution in [0.3, 0.4) is 0 Å². The molecule has 1 fully saturated rings. The summed E-state index contributed by atoms with van der Waals surface area (Å²) >= 11 is 3.43. The highest BCUT2D eigenvalue weighted by Gasteiger charge is 2.34. The zero-order valence-corrected chi connectivity index (χ0v) is 18.8. The van der Waals surface area contributed by atoms with Crippen molar-refractivity contribution in [3.8, 4) is 11.4 Å². The largest absolute Gasteiger partial charge is 0.484 e. The first-order valence-corrected chi connectivity index (χ1v) is 10.7. The number of likely N-dealkylation sites (N-methyl/N-ethyl adjacent to an activating group) is 1. The monoisotopic (exact) mass is 483 g/mol. The maximum absolute atomic E-state index is 12.9. The number of anilines is 1. The van der Waals surface area contributed by atoms with Crippen molar-refractivity contribution in [1.29, 1.82) is 0 Å². The number of ether oxygens (including phenoxy) is 1. The third-order valence-corrected chi connectivity index (χ3v) is 5.46. The summed E-state index contributed by atoms with van der Waals surface area (Å²) < 4.78 is 8.18. The van der Waals surface area contributed by atoms with Gasteiger partial charge in [-0.2, -0.15) is 0 Å². The molecule has 9 heteroatoms. The van der Waals surface area contributed by atoms with E-state index < -0.39 is 0 Å². The molecule has 0 bridgehead atoms. The van der Waals surface area contributed by atoms with Gasteiger partial charge in [-0.3, -0.25) is 9.59 Å². The third-order valence-electron chi connectivity index (χ3n) is 4.93. The molecule has 1 heterocycles. The Labute approximate surface area is 188 Å². The van der Waals surface area contributed by atoms with Crippen LogP contribution in [0.1, 0.15) is 34.9 Å². The number of hydrogen-bond donors (Lipinski definition) is 1. The molecule has 2 aromatic carbocycles. The van der Waals surface area contributed by atoms with Gasteiger partial charge in [0.25, 0.3) is 11.8 Å². The Hall–Kier alpha value is -3.20. The van der Waals surface area contributed by atoms with Crippen molar-refractivity contribution in [2.45, 2.75) is 18.8 Å². The van der Waals surface area contributed by atoms with Gasteiger partial charge in [0.2, 0.25) is 0 Å². The van der Waals surface area contributed by atoms with Crippen LogP contribution in [0, 0.1) is 0 Å². The molecule has 1 saturated carbocycles. The topological polar surface area (TPSA) is 89.3 Å². The number of hydrogen-bond acceptors (Lipinski definition) is 5. The number of benzene rings is 2. The molecular formula is C22H22BrN5O3. The van der Waals surface area contributed by atoms with Gasteiger partial charge in [0.05, 0.1) is 11.4 Å². The van der Waals surface area contributed by atoms with E-state index in [0.29, 0.717) is 17.1 Å². The lowest BCUT2D eigenvalue weighted by atomic mass is 10.2. The summed E-state index contributed by atoms with van der Waals surface area (Å²) in [5.74, 6) is 0.401. The molecule has 1 aromatic heterocycles. The lowest BCUT2D eigenvalue weighted by molar-refractivity contribution is -0.130. The van der Waals surface area contributed by atoms with E-state index in [9.17, 15) is 9.59 Å². The quantitative estimate of drug-likeness (QED) is 0.554. The molecule has 1 aliphatic rings. The molecule has 0 atom stereocenters. The predicted molar refractivity (Wildman–Crippen MR) is 120 cm³/mol. The van der Waals surface area contributed by atoms with Crippen LogP contribution in [0.4, 0.5) is 5.69 Å². The lowest BCUT2D eigenvalue weighted by Gasteiger charge is -2.12. The van der Waals surface area contributed by atoms with Gasteiger partial charge in [0.1, 0.15) is 5.75 Å². The zero-order valence-electron chi connectivity index (χ0n) is 17.2. The first-order chi connectivity index (χ1) is 14.9. The molecule has 160 valence electrons. The second-order valence-electron chi connectivity index (χ2n) is 7.54. The fourth-order valence-electron chi connectivity index (χ4n) is 3.05. The van der Waals surface area contributed by atoms with Crippen LogP contribution in [-0.2, 0) is 4.79 Å². The molecule has 1 N–H and O–H groups in total. The second kappa shape index (κ2) is 8.89. The molecule has 0 aliphatic heterocycles. The molecule has 0 spiro atoms. The van der Waals surface area contributed by atoms with Crippen molar-refractivity contribution in [2.75, 3.05) is 26.0 Å². The molecule has 3 aromatic rings. The first-order valence-electron chi connectivity index (χ1n) is 9.88. The van der Waals surface area contributed by atoms with E-state index in [1.165, 1.54) is 4.90 Å². The fraction of sp³-hybridized carbons (Fsp3) is 0.273. The Morgan fingerprint density at radius 3 is 2.42 bits per heavy atom. The minimum Gasteiger partial charge on any atom is -0.484 e. The Bertz CT molecular complexity index is 1090. The molecule has 31 heavy (non-hydrogen) atoms. The normalized spacial score (nSPS) is 13.0. The molecule has 4 rings (SSSR count). The van der Waals surface area contributed by atoms with Crippen LogP contribution in [0.2, 0.25) is 0 Å². The Kier molecular flexibility index (Phi) is 6.03. The standard InChI is InChI=1S/C22H22BrN5O3/c1-27(2)19(29)13-31-18-11-7-16(8-12-18)24-22(30)20-21(14-3-4-14)28(26-25-20)17-9-5-15(23)6-10-17/h5-12,14H,3-4,13H2,1-2H3,(H,24,30). The van der Waals surface area contributed by atoms with Gasteiger partial charge in [-0.15, -0.1) is 5.10 Å². The number of rotatable bonds is 7. The van der Waals surface area contributed by atoms with E-state index in [2.05, 4.69) is 31.6 Å². The van der Waals surface area contributed by atoms with E-state index in [1.807, 2.05) is 24.3 Å². The van der Waals surface area contributed by atoms with Gasteiger partial charge in [0, 0.05) is 30.2 Å². The average Bonchev–Trinajstić information content (AvgIpc) is 3.51. The van der Waals surface area contributed by atoms with Gasteiger partial charge < -0.3 is 15.0 Å². The molecule has 0 unspecified atom stereocenters. The maximum atomic E-state index is 12.9. The molecular weight excluding hydrogens is 462 g/mol. The Balaban J connectivity index is 1.48. The van der Waals surface area contributed by atoms with Crippen LogP contribution < -0.4 is 10.1 Å². The van der Waals surface area contributed by atoms with E-state index in [4.69, 9.17) is 4.74 Å². The lowest BCUT2D eigenvalue weighted by Crippen LogP contribution is -2.27. The SMILES string of the molecule is CN(C)C(=O)COc1ccc(NC(=O)c2nnn(-c3ccc(Br)cc3)c2C2CC2)cc1. The number of halogens is 1. The summed E-state index contributed by atoms with van der Waals surface area (Å²) in [6, 6.07) is 14.6. The van der Waals surface area contributed by atoms with Crippen molar-refractivity contribution in [1.82, 2.24) is 19.9 Å². The third kappa shape index (κ3) is 4.93. The maximum Gasteiger partial charge on any atom is 0.278 e. The minimum absolute atomic E-state index is 0.0391. The molecule has 8 nitrogen and oxygen atoms in total. The van der Waals surface area contributed by atoms with Crippen LogP contribution in [-0.4, -0.2) is 52.4 Å². The first kappa shape index (κ1) is 21.0. The second-order valence-corrected chi connectivity index (χ2v) is 8.46. The summed E-state index contributed by atoms with van der Waals surface area (Å²) in [5.41, 5.74) is 2.64. The summed E-state index contributed by atoms with van der Waals surface area (Å²) in [7, 11) is 3.35. The van der Waals surface area contributed by atoms with Crippen molar-refractivity contribution >= 4 is 33.4 Å². The highest BCUT2D eigenvalue weighted by Crippen LogP contribution is 2.42. The van der Waals surface area contributed by atoms with Gasteiger partial charge in [-0.05, 0) is 61.4 Å². The van der Waals surface area contributed by atoms with Gasteiger partial charge in [-0.1, -0.05) is 21.1 Å². The van der Waals surface area contributed by atoms with Gasteiger partial charge >= 0.3 is 0 Å². The van der Waals surface area contributed by atoms with Crippen LogP contribution in [0.5, 0.6) is 5.75 Å². The number of amides is 2. The Morgan fingerprint density at radius 1 is 1.13 bits per heavy atom. The molecule has 1 aliphatic carbocycles. The summed E-state index contributed by atoms with van der Waals surface area (Å²) in [6.45, 7) is -0.0391.